The first kappa shape index (κ1) is 21.9. The number of ether oxygens (including phenoxy) is 1. The molecule has 0 amide bonds. The topological polar surface area (TPSA) is 34.1 Å². The number of aromatic nitrogens is 1. The first-order valence-electron chi connectivity index (χ1n) is 8.86. The third kappa shape index (κ3) is 4.72. The third-order valence-corrected chi connectivity index (χ3v) is 4.65. The van der Waals surface area contributed by atoms with Crippen molar-refractivity contribution in [3.63, 3.8) is 0 Å². The smallest absolute Gasteiger partial charge is 0.457 e. The highest BCUT2D eigenvalue weighted by Crippen LogP contribution is 2.39. The van der Waals surface area contributed by atoms with Gasteiger partial charge in [0.1, 0.15) is 5.75 Å². The Morgan fingerprint density at radius 1 is 1.07 bits per heavy atom. The van der Waals surface area contributed by atoms with Crippen LogP contribution in [0.2, 0.25) is 0 Å². The summed E-state index contributed by atoms with van der Waals surface area (Å²) in [6, 6.07) is 6.97. The number of nitrogens with zero attached hydrogens (tertiary/aromatic N) is 1. The second-order valence-corrected chi connectivity index (χ2v) is 6.61. The predicted octanol–water partition coefficient (Wildman–Crippen LogP) is 5.84. The van der Waals surface area contributed by atoms with Crippen molar-refractivity contribution in [3.8, 4) is 5.75 Å². The van der Waals surface area contributed by atoms with Gasteiger partial charge in [-0.3, -0.25) is 4.98 Å². The zero-order valence-electron chi connectivity index (χ0n) is 16.1. The number of benzene rings is 1. The average molecular weight is 402 g/mol. The Bertz CT molecular complexity index is 803. The standard InChI is InChI=1S/C20H23F5N2O/c1-5-15-7-6-12(2)13(3)18(15)27-10-16-8-9-17(11-26-16)28-14(4)19(21,22)20(23,24)25/h6-9,11,14,27H,5,10H2,1-4H3. The van der Waals surface area contributed by atoms with Crippen LogP contribution in [0.15, 0.2) is 30.5 Å². The molecule has 1 heterocycles. The van der Waals surface area contributed by atoms with Crippen LogP contribution < -0.4 is 10.1 Å². The van der Waals surface area contributed by atoms with Crippen LogP contribution in [0.25, 0.3) is 0 Å². The summed E-state index contributed by atoms with van der Waals surface area (Å²) in [5.74, 6) is -5.10. The van der Waals surface area contributed by atoms with Gasteiger partial charge in [0.05, 0.1) is 18.4 Å². The number of rotatable bonds is 7. The van der Waals surface area contributed by atoms with Gasteiger partial charge in [0.2, 0.25) is 0 Å². The lowest BCUT2D eigenvalue weighted by molar-refractivity contribution is -0.306. The van der Waals surface area contributed by atoms with Crippen molar-refractivity contribution in [1.82, 2.24) is 4.98 Å². The maximum atomic E-state index is 13.3. The largest absolute Gasteiger partial charge is 0.482 e. The van der Waals surface area contributed by atoms with Crippen LogP contribution in [0.1, 0.15) is 36.2 Å². The molecule has 0 spiro atoms. The number of nitrogens with one attached hydrogen (secondary N) is 1. The lowest BCUT2D eigenvalue weighted by Crippen LogP contribution is -2.48. The van der Waals surface area contributed by atoms with Crippen molar-refractivity contribution in [2.45, 2.75) is 58.9 Å². The molecule has 0 aliphatic rings. The SMILES string of the molecule is CCc1ccc(C)c(C)c1NCc1ccc(OC(C)C(F)(F)C(F)(F)F)cn1. The summed E-state index contributed by atoms with van der Waals surface area (Å²) in [6.07, 6.45) is -6.04. The van der Waals surface area contributed by atoms with E-state index in [1.54, 1.807) is 0 Å². The van der Waals surface area contributed by atoms with Crippen LogP contribution >= 0.6 is 0 Å². The van der Waals surface area contributed by atoms with E-state index in [9.17, 15) is 22.0 Å². The van der Waals surface area contributed by atoms with Crippen LogP contribution in [0, 0.1) is 13.8 Å². The number of halogens is 5. The van der Waals surface area contributed by atoms with E-state index in [-0.39, 0.29) is 5.75 Å². The van der Waals surface area contributed by atoms with Gasteiger partial charge in [-0.15, -0.1) is 0 Å². The fourth-order valence-electron chi connectivity index (χ4n) is 2.69. The van der Waals surface area contributed by atoms with Crippen molar-refractivity contribution in [2.75, 3.05) is 5.32 Å². The Morgan fingerprint density at radius 3 is 2.29 bits per heavy atom. The lowest BCUT2D eigenvalue weighted by atomic mass is 10.0. The van der Waals surface area contributed by atoms with Crippen molar-refractivity contribution in [2.24, 2.45) is 0 Å². The first-order chi connectivity index (χ1) is 13.0. The minimum absolute atomic E-state index is 0.152. The quantitative estimate of drug-likeness (QED) is 0.591. The minimum atomic E-state index is -5.67. The summed E-state index contributed by atoms with van der Waals surface area (Å²) >= 11 is 0. The van der Waals surface area contributed by atoms with Crippen LogP contribution in [0.3, 0.4) is 0 Å². The van der Waals surface area contributed by atoms with E-state index >= 15 is 0 Å². The van der Waals surface area contributed by atoms with Crippen LogP contribution in [-0.2, 0) is 13.0 Å². The Morgan fingerprint density at radius 2 is 1.75 bits per heavy atom. The van der Waals surface area contributed by atoms with E-state index in [0.29, 0.717) is 19.2 Å². The molecule has 0 fully saturated rings. The van der Waals surface area contributed by atoms with Crippen molar-refractivity contribution >= 4 is 5.69 Å². The Kier molecular flexibility index (Phi) is 6.52. The highest BCUT2D eigenvalue weighted by molar-refractivity contribution is 5.60. The fourth-order valence-corrected chi connectivity index (χ4v) is 2.69. The van der Waals surface area contributed by atoms with Crippen LogP contribution in [0.4, 0.5) is 27.6 Å². The van der Waals surface area contributed by atoms with Crippen molar-refractivity contribution < 1.29 is 26.7 Å². The molecule has 1 N–H and O–H groups in total. The average Bonchev–Trinajstić information content (AvgIpc) is 2.63. The number of pyridine rings is 1. The van der Waals surface area contributed by atoms with Gasteiger partial charge in [-0.05, 0) is 56.0 Å². The lowest BCUT2D eigenvalue weighted by Gasteiger charge is -2.26. The molecule has 0 saturated carbocycles. The van der Waals surface area contributed by atoms with E-state index in [1.165, 1.54) is 12.1 Å². The molecule has 1 atom stereocenters. The summed E-state index contributed by atoms with van der Waals surface area (Å²) in [7, 11) is 0. The summed E-state index contributed by atoms with van der Waals surface area (Å²) in [5, 5.41) is 3.32. The van der Waals surface area contributed by atoms with Gasteiger partial charge in [0.15, 0.2) is 6.10 Å². The third-order valence-electron chi connectivity index (χ3n) is 4.65. The maximum Gasteiger partial charge on any atom is 0.457 e. The monoisotopic (exact) mass is 402 g/mol. The number of alkyl halides is 5. The Hall–Kier alpha value is -2.38. The zero-order chi connectivity index (χ0) is 21.1. The highest BCUT2D eigenvalue weighted by Gasteiger charge is 2.62. The molecule has 0 saturated heterocycles. The summed E-state index contributed by atoms with van der Waals surface area (Å²) in [4.78, 5) is 4.08. The van der Waals surface area contributed by atoms with Gasteiger partial charge < -0.3 is 10.1 Å². The molecule has 3 nitrogen and oxygen atoms in total. The van der Waals surface area contributed by atoms with E-state index < -0.39 is 18.2 Å². The normalized spacial score (nSPS) is 13.3. The summed E-state index contributed by atoms with van der Waals surface area (Å²) < 4.78 is 68.4. The molecule has 0 aliphatic carbocycles. The maximum absolute atomic E-state index is 13.3. The second-order valence-electron chi connectivity index (χ2n) is 6.61. The van der Waals surface area contributed by atoms with Gasteiger partial charge in [-0.25, -0.2) is 0 Å². The molecular weight excluding hydrogens is 379 g/mol. The predicted molar refractivity (Wildman–Crippen MR) is 97.9 cm³/mol. The number of anilines is 1. The highest BCUT2D eigenvalue weighted by atomic mass is 19.4. The molecule has 8 heteroatoms. The Labute approximate surface area is 160 Å². The number of aryl methyl sites for hydroxylation is 2. The second kappa shape index (κ2) is 8.32. The molecule has 154 valence electrons. The molecule has 0 bridgehead atoms. The molecule has 28 heavy (non-hydrogen) atoms. The van der Waals surface area contributed by atoms with E-state index in [4.69, 9.17) is 4.74 Å². The van der Waals surface area contributed by atoms with E-state index in [2.05, 4.69) is 29.4 Å². The zero-order valence-corrected chi connectivity index (χ0v) is 16.1. The summed E-state index contributed by atoms with van der Waals surface area (Å²) in [6.45, 7) is 7.14. The molecule has 1 unspecified atom stereocenters. The van der Waals surface area contributed by atoms with Crippen LogP contribution in [0.5, 0.6) is 5.75 Å². The van der Waals surface area contributed by atoms with Gasteiger partial charge in [-0.2, -0.15) is 22.0 Å². The minimum Gasteiger partial charge on any atom is -0.482 e. The summed E-state index contributed by atoms with van der Waals surface area (Å²) in [5.41, 5.74) is 5.05. The first-order valence-corrected chi connectivity index (χ1v) is 8.86. The van der Waals surface area contributed by atoms with Gasteiger partial charge in [0, 0.05) is 5.69 Å². The van der Waals surface area contributed by atoms with Gasteiger partial charge in [0.25, 0.3) is 0 Å². The van der Waals surface area contributed by atoms with Gasteiger partial charge in [-0.1, -0.05) is 19.1 Å². The van der Waals surface area contributed by atoms with Crippen molar-refractivity contribution in [3.05, 3.63) is 52.8 Å². The molecular formula is C20H23F5N2O. The molecule has 0 aliphatic heterocycles. The molecule has 2 aromatic rings. The molecule has 1 aromatic heterocycles. The number of hydrogen-bond donors (Lipinski definition) is 1. The Balaban J connectivity index is 2.05. The number of hydrogen-bond acceptors (Lipinski definition) is 3. The van der Waals surface area contributed by atoms with Crippen molar-refractivity contribution in [1.29, 1.82) is 0 Å². The van der Waals surface area contributed by atoms with Crippen LogP contribution in [-0.4, -0.2) is 23.2 Å². The molecule has 1 aromatic carbocycles. The van der Waals surface area contributed by atoms with Gasteiger partial charge >= 0.3 is 12.1 Å². The molecule has 2 rings (SSSR count). The molecule has 0 radical (unpaired) electrons. The fraction of sp³-hybridized carbons (Fsp3) is 0.450. The van der Waals surface area contributed by atoms with E-state index in [0.717, 1.165) is 35.0 Å². The van der Waals surface area contributed by atoms with E-state index in [1.807, 2.05) is 13.8 Å².